The number of aliphatic carboxylic acids is 1. The number of carboxylic acid groups (broad SMARTS) is 1. The lowest BCUT2D eigenvalue weighted by molar-refractivity contribution is -0.132. The predicted molar refractivity (Wildman–Crippen MR) is 61.1 cm³/mol. The molecule has 1 amide bonds. The molecule has 0 radical (unpaired) electrons. The van der Waals surface area contributed by atoms with Gasteiger partial charge in [0, 0.05) is 11.0 Å². The SMILES string of the molecule is NC(=O)C(O)C(O)c1csc(/C=C/C(=O)O)c1. The molecular formula is C10H11NO5S. The number of carbonyl (C=O) groups is 2. The average Bonchev–Trinajstić information content (AvgIpc) is 2.72. The minimum Gasteiger partial charge on any atom is -0.478 e. The van der Waals surface area contributed by atoms with Crippen molar-refractivity contribution in [2.45, 2.75) is 12.2 Å². The first-order valence-electron chi connectivity index (χ1n) is 4.56. The molecule has 0 bridgehead atoms. The predicted octanol–water partition coefficient (Wildman–Crippen LogP) is -0.275. The number of thiophene rings is 1. The average molecular weight is 257 g/mol. The standard InChI is InChI=1S/C10H11NO5S/c11-10(16)9(15)8(14)5-3-6(17-4-5)1-2-7(12)13/h1-4,8-9,14-15H,(H2,11,16)(H,12,13)/b2-1+. The summed E-state index contributed by atoms with van der Waals surface area (Å²) in [7, 11) is 0. The van der Waals surface area contributed by atoms with E-state index in [0.717, 1.165) is 6.08 Å². The van der Waals surface area contributed by atoms with Gasteiger partial charge >= 0.3 is 5.97 Å². The number of carboxylic acids is 1. The zero-order chi connectivity index (χ0) is 13.0. The summed E-state index contributed by atoms with van der Waals surface area (Å²) in [5, 5.41) is 28.7. The maximum Gasteiger partial charge on any atom is 0.328 e. The molecule has 1 rings (SSSR count). The van der Waals surface area contributed by atoms with E-state index in [9.17, 15) is 19.8 Å². The van der Waals surface area contributed by atoms with E-state index in [1.807, 2.05) is 0 Å². The summed E-state index contributed by atoms with van der Waals surface area (Å²) in [5.41, 5.74) is 5.15. The molecule has 17 heavy (non-hydrogen) atoms. The Bertz CT molecular complexity index is 453. The Kier molecular flexibility index (Phi) is 4.38. The van der Waals surface area contributed by atoms with Crippen LogP contribution in [0.3, 0.4) is 0 Å². The molecule has 5 N–H and O–H groups in total. The number of carbonyl (C=O) groups excluding carboxylic acids is 1. The van der Waals surface area contributed by atoms with E-state index in [2.05, 4.69) is 0 Å². The molecule has 2 atom stereocenters. The van der Waals surface area contributed by atoms with Crippen LogP contribution >= 0.6 is 11.3 Å². The minimum atomic E-state index is -1.68. The largest absolute Gasteiger partial charge is 0.478 e. The number of hydrogen-bond acceptors (Lipinski definition) is 5. The van der Waals surface area contributed by atoms with Gasteiger partial charge in [0.25, 0.3) is 0 Å². The molecule has 0 fully saturated rings. The number of hydrogen-bond donors (Lipinski definition) is 4. The summed E-state index contributed by atoms with van der Waals surface area (Å²) >= 11 is 1.18. The molecule has 0 aliphatic carbocycles. The van der Waals surface area contributed by atoms with Crippen molar-refractivity contribution in [2.75, 3.05) is 0 Å². The van der Waals surface area contributed by atoms with Gasteiger partial charge in [0.15, 0.2) is 6.10 Å². The first-order chi connectivity index (χ1) is 7.91. The summed E-state index contributed by atoms with van der Waals surface area (Å²) in [6.45, 7) is 0. The molecule has 0 aliphatic heterocycles. The van der Waals surface area contributed by atoms with Crippen molar-refractivity contribution in [2.24, 2.45) is 5.73 Å². The summed E-state index contributed by atoms with van der Waals surface area (Å²) < 4.78 is 0. The number of amides is 1. The van der Waals surface area contributed by atoms with Gasteiger partial charge in [0.05, 0.1) is 0 Å². The van der Waals surface area contributed by atoms with Crippen LogP contribution in [0.15, 0.2) is 17.5 Å². The van der Waals surface area contributed by atoms with Crippen molar-refractivity contribution in [3.63, 3.8) is 0 Å². The lowest BCUT2D eigenvalue weighted by Crippen LogP contribution is -2.33. The van der Waals surface area contributed by atoms with Gasteiger partial charge in [-0.3, -0.25) is 4.79 Å². The highest BCUT2D eigenvalue weighted by Gasteiger charge is 2.23. The van der Waals surface area contributed by atoms with Gasteiger partial charge < -0.3 is 21.1 Å². The molecule has 2 unspecified atom stereocenters. The number of aliphatic hydroxyl groups is 2. The van der Waals surface area contributed by atoms with Crippen LogP contribution in [0.4, 0.5) is 0 Å². The monoisotopic (exact) mass is 257 g/mol. The molecule has 1 aromatic rings. The fourth-order valence-electron chi connectivity index (χ4n) is 1.10. The Balaban J connectivity index is 2.80. The Morgan fingerprint density at radius 2 is 2.06 bits per heavy atom. The van der Waals surface area contributed by atoms with E-state index < -0.39 is 24.1 Å². The first kappa shape index (κ1) is 13.4. The first-order valence-corrected chi connectivity index (χ1v) is 5.44. The van der Waals surface area contributed by atoms with Gasteiger partial charge in [0.1, 0.15) is 6.10 Å². The van der Waals surface area contributed by atoms with E-state index in [1.54, 1.807) is 0 Å². The normalized spacial score (nSPS) is 14.7. The maximum atomic E-state index is 10.7. The Hall–Kier alpha value is -1.70. The quantitative estimate of drug-likeness (QED) is 0.541. The highest BCUT2D eigenvalue weighted by Crippen LogP contribution is 2.24. The van der Waals surface area contributed by atoms with Crippen LogP contribution in [0.25, 0.3) is 6.08 Å². The summed E-state index contributed by atoms with van der Waals surface area (Å²) in [4.78, 5) is 21.5. The van der Waals surface area contributed by atoms with Gasteiger partial charge in [-0.15, -0.1) is 11.3 Å². The molecule has 92 valence electrons. The van der Waals surface area contributed by atoms with E-state index in [0.29, 0.717) is 10.4 Å². The number of aliphatic hydroxyl groups excluding tert-OH is 2. The smallest absolute Gasteiger partial charge is 0.328 e. The van der Waals surface area contributed by atoms with Gasteiger partial charge in [-0.25, -0.2) is 4.79 Å². The molecule has 1 heterocycles. The van der Waals surface area contributed by atoms with E-state index in [1.165, 1.54) is 28.9 Å². The summed E-state index contributed by atoms with van der Waals surface area (Å²) in [6, 6.07) is 1.47. The van der Waals surface area contributed by atoms with Crippen LogP contribution in [0.2, 0.25) is 0 Å². The molecule has 0 saturated carbocycles. The van der Waals surface area contributed by atoms with Crippen LogP contribution in [0, 0.1) is 0 Å². The van der Waals surface area contributed by atoms with E-state index in [4.69, 9.17) is 10.8 Å². The van der Waals surface area contributed by atoms with Crippen molar-refractivity contribution < 1.29 is 24.9 Å². The van der Waals surface area contributed by atoms with Gasteiger partial charge in [-0.1, -0.05) is 0 Å². The van der Waals surface area contributed by atoms with Gasteiger partial charge in [-0.2, -0.15) is 0 Å². The third-order valence-electron chi connectivity index (χ3n) is 1.96. The molecule has 0 aliphatic rings. The van der Waals surface area contributed by atoms with Crippen molar-refractivity contribution in [3.8, 4) is 0 Å². The molecule has 0 saturated heterocycles. The molecule has 6 nitrogen and oxygen atoms in total. The number of rotatable bonds is 5. The zero-order valence-corrected chi connectivity index (χ0v) is 9.42. The molecular weight excluding hydrogens is 246 g/mol. The summed E-state index contributed by atoms with van der Waals surface area (Å²) in [5.74, 6) is -2.11. The molecule has 7 heteroatoms. The number of primary amides is 1. The second-order valence-electron chi connectivity index (χ2n) is 3.25. The van der Waals surface area contributed by atoms with Crippen molar-refractivity contribution in [1.29, 1.82) is 0 Å². The third-order valence-corrected chi connectivity index (χ3v) is 2.88. The maximum absolute atomic E-state index is 10.7. The van der Waals surface area contributed by atoms with Crippen LogP contribution < -0.4 is 5.73 Å². The lowest BCUT2D eigenvalue weighted by atomic mass is 10.1. The Morgan fingerprint density at radius 3 is 2.59 bits per heavy atom. The molecule has 0 aromatic carbocycles. The Morgan fingerprint density at radius 1 is 1.41 bits per heavy atom. The number of nitrogens with two attached hydrogens (primary N) is 1. The second kappa shape index (κ2) is 5.58. The zero-order valence-electron chi connectivity index (χ0n) is 8.61. The highest BCUT2D eigenvalue weighted by molar-refractivity contribution is 7.11. The van der Waals surface area contributed by atoms with Crippen molar-refractivity contribution in [3.05, 3.63) is 28.0 Å². The van der Waals surface area contributed by atoms with Crippen LogP contribution in [0.1, 0.15) is 16.5 Å². The lowest BCUT2D eigenvalue weighted by Gasteiger charge is -2.12. The van der Waals surface area contributed by atoms with Crippen molar-refractivity contribution in [1.82, 2.24) is 0 Å². The fourth-order valence-corrected chi connectivity index (χ4v) is 1.93. The topological polar surface area (TPSA) is 121 Å². The highest BCUT2D eigenvalue weighted by atomic mass is 32.1. The van der Waals surface area contributed by atoms with Crippen molar-refractivity contribution >= 4 is 29.3 Å². The van der Waals surface area contributed by atoms with E-state index in [-0.39, 0.29) is 0 Å². The van der Waals surface area contributed by atoms with Crippen LogP contribution in [0.5, 0.6) is 0 Å². The van der Waals surface area contributed by atoms with Crippen LogP contribution in [-0.2, 0) is 9.59 Å². The third kappa shape index (κ3) is 3.66. The van der Waals surface area contributed by atoms with Gasteiger partial charge in [-0.05, 0) is 23.1 Å². The fraction of sp³-hybridized carbons (Fsp3) is 0.200. The molecule has 0 spiro atoms. The minimum absolute atomic E-state index is 0.311. The second-order valence-corrected chi connectivity index (χ2v) is 4.19. The Labute approximate surface area is 101 Å². The molecule has 1 aromatic heterocycles. The van der Waals surface area contributed by atoms with Crippen LogP contribution in [-0.4, -0.2) is 33.3 Å². The van der Waals surface area contributed by atoms with E-state index >= 15 is 0 Å². The summed E-state index contributed by atoms with van der Waals surface area (Å²) in [6.07, 6.45) is -0.788. The van der Waals surface area contributed by atoms with Gasteiger partial charge in [0.2, 0.25) is 5.91 Å².